The van der Waals surface area contributed by atoms with E-state index in [-0.39, 0.29) is 11.7 Å². The van der Waals surface area contributed by atoms with E-state index in [1.54, 1.807) is 18.1 Å². The number of hydrogen-bond donors (Lipinski definition) is 1. The quantitative estimate of drug-likeness (QED) is 0.523. The highest BCUT2D eigenvalue weighted by Gasteiger charge is 2.30. The molecule has 1 aliphatic heterocycles. The predicted octanol–water partition coefficient (Wildman–Crippen LogP) is 2.10. The minimum absolute atomic E-state index is 0.120. The number of carbonyl (C=O) groups is 2. The number of benzene rings is 1. The van der Waals surface area contributed by atoms with Gasteiger partial charge in [0.25, 0.3) is 0 Å². The van der Waals surface area contributed by atoms with Crippen molar-refractivity contribution in [3.8, 4) is 17.1 Å². The van der Waals surface area contributed by atoms with Gasteiger partial charge in [-0.05, 0) is 31.4 Å². The lowest BCUT2D eigenvalue weighted by Crippen LogP contribution is -2.51. The maximum atomic E-state index is 12.7. The molecule has 0 saturated carbocycles. The van der Waals surface area contributed by atoms with Gasteiger partial charge in [0.2, 0.25) is 11.8 Å². The van der Waals surface area contributed by atoms with Crippen LogP contribution < -0.4 is 10.5 Å². The van der Waals surface area contributed by atoms with Crippen molar-refractivity contribution in [1.29, 1.82) is 0 Å². The Labute approximate surface area is 174 Å². The molecule has 0 aliphatic carbocycles. The van der Waals surface area contributed by atoms with Gasteiger partial charge in [-0.1, -0.05) is 30.0 Å². The zero-order chi connectivity index (χ0) is 20.8. The third-order valence-electron chi connectivity index (χ3n) is 4.85. The van der Waals surface area contributed by atoms with Crippen molar-refractivity contribution >= 4 is 23.6 Å². The third kappa shape index (κ3) is 4.61. The number of likely N-dealkylation sites (tertiary alicyclic amines) is 1. The van der Waals surface area contributed by atoms with Gasteiger partial charge in [-0.2, -0.15) is 0 Å². The Balaban J connectivity index is 1.79. The number of carbonyl (C=O) groups excluding carboxylic acids is 2. The molecule has 2 heterocycles. The molecule has 0 spiro atoms. The normalized spacial score (nSPS) is 16.4. The summed E-state index contributed by atoms with van der Waals surface area (Å²) in [7, 11) is 1.61. The smallest absolute Gasteiger partial charge is 0.240 e. The zero-order valence-electron chi connectivity index (χ0n) is 16.4. The monoisotopic (exact) mass is 415 g/mol. The fourth-order valence-electron chi connectivity index (χ4n) is 3.45. The van der Waals surface area contributed by atoms with Crippen molar-refractivity contribution in [2.24, 2.45) is 5.73 Å². The van der Waals surface area contributed by atoms with Gasteiger partial charge < -0.3 is 15.4 Å². The van der Waals surface area contributed by atoms with Gasteiger partial charge in [0.05, 0.1) is 18.4 Å². The molecular formula is C20H25N5O3S. The lowest BCUT2D eigenvalue weighted by atomic mass is 10.0. The average Bonchev–Trinajstić information content (AvgIpc) is 3.14. The van der Waals surface area contributed by atoms with Gasteiger partial charge in [0.15, 0.2) is 11.0 Å². The number of nitrogens with zero attached hydrogens (tertiary/aromatic N) is 4. The van der Waals surface area contributed by atoms with Crippen LogP contribution >= 0.6 is 11.8 Å². The summed E-state index contributed by atoms with van der Waals surface area (Å²) in [5, 5.41) is 9.18. The molecule has 1 saturated heterocycles. The SMILES string of the molecule is C=CCn1c(SCC(=O)N2CCCC[C@H]2C(N)=O)nnc1-c1ccccc1OC. The summed E-state index contributed by atoms with van der Waals surface area (Å²) in [6, 6.07) is 7.04. The van der Waals surface area contributed by atoms with Crippen molar-refractivity contribution < 1.29 is 14.3 Å². The van der Waals surface area contributed by atoms with E-state index in [4.69, 9.17) is 10.5 Å². The first-order chi connectivity index (χ1) is 14.1. The Kier molecular flexibility index (Phi) is 6.92. The van der Waals surface area contributed by atoms with Crippen LogP contribution in [0.3, 0.4) is 0 Å². The van der Waals surface area contributed by atoms with Crippen LogP contribution in [0.4, 0.5) is 0 Å². The summed E-state index contributed by atoms with van der Waals surface area (Å²) in [6.45, 7) is 4.85. The number of rotatable bonds is 8. The van der Waals surface area contributed by atoms with Crippen molar-refractivity contribution in [3.05, 3.63) is 36.9 Å². The number of ether oxygens (including phenoxy) is 1. The fraction of sp³-hybridized carbons (Fsp3) is 0.400. The lowest BCUT2D eigenvalue weighted by Gasteiger charge is -2.33. The Hall–Kier alpha value is -2.81. The number of methoxy groups -OCH3 is 1. The van der Waals surface area contributed by atoms with Gasteiger partial charge >= 0.3 is 0 Å². The van der Waals surface area contributed by atoms with E-state index < -0.39 is 11.9 Å². The summed E-state index contributed by atoms with van der Waals surface area (Å²) in [6.07, 6.45) is 4.16. The maximum absolute atomic E-state index is 12.7. The summed E-state index contributed by atoms with van der Waals surface area (Å²) in [4.78, 5) is 26.0. The highest BCUT2D eigenvalue weighted by Crippen LogP contribution is 2.31. The van der Waals surface area contributed by atoms with E-state index in [2.05, 4.69) is 16.8 Å². The largest absolute Gasteiger partial charge is 0.496 e. The number of piperidine rings is 1. The first-order valence-corrected chi connectivity index (χ1v) is 10.4. The van der Waals surface area contributed by atoms with E-state index in [9.17, 15) is 9.59 Å². The van der Waals surface area contributed by atoms with E-state index >= 15 is 0 Å². The number of primary amides is 1. The Morgan fingerprint density at radius 1 is 1.34 bits per heavy atom. The highest BCUT2D eigenvalue weighted by atomic mass is 32.2. The molecule has 2 aromatic rings. The zero-order valence-corrected chi connectivity index (χ0v) is 17.2. The summed E-state index contributed by atoms with van der Waals surface area (Å²) < 4.78 is 7.33. The molecule has 1 aromatic carbocycles. The van der Waals surface area contributed by atoms with Crippen molar-refractivity contribution in [3.63, 3.8) is 0 Å². The van der Waals surface area contributed by atoms with E-state index in [1.807, 2.05) is 28.8 Å². The standard InChI is InChI=1S/C20H25N5O3S/c1-3-11-25-19(14-8-4-5-10-16(14)28-2)22-23-20(25)29-13-17(26)24-12-7-6-9-15(24)18(21)27/h3-5,8,10,15H,1,6-7,9,11-13H2,2H3,(H2,21,27)/t15-/m0/s1. The predicted molar refractivity (Wildman–Crippen MR) is 111 cm³/mol. The van der Waals surface area contributed by atoms with E-state index in [0.29, 0.717) is 36.2 Å². The average molecular weight is 416 g/mol. The fourth-order valence-corrected chi connectivity index (χ4v) is 4.29. The number of para-hydroxylation sites is 1. The minimum Gasteiger partial charge on any atom is -0.496 e. The topological polar surface area (TPSA) is 103 Å². The van der Waals surface area contributed by atoms with Crippen LogP contribution in [0.15, 0.2) is 42.1 Å². The number of allylic oxidation sites excluding steroid dienone is 1. The van der Waals surface area contributed by atoms with Crippen molar-refractivity contribution in [2.45, 2.75) is 37.0 Å². The third-order valence-corrected chi connectivity index (χ3v) is 5.80. The Bertz CT molecular complexity index is 898. The molecule has 1 aliphatic rings. The number of thioether (sulfide) groups is 1. The molecular weight excluding hydrogens is 390 g/mol. The molecule has 2 amide bonds. The lowest BCUT2D eigenvalue weighted by molar-refractivity contribution is -0.138. The molecule has 29 heavy (non-hydrogen) atoms. The first-order valence-electron chi connectivity index (χ1n) is 9.46. The molecule has 1 aromatic heterocycles. The van der Waals surface area contributed by atoms with Gasteiger partial charge in [0, 0.05) is 13.1 Å². The van der Waals surface area contributed by atoms with Crippen LogP contribution in [0.2, 0.25) is 0 Å². The second-order valence-corrected chi connectivity index (χ2v) is 7.64. The van der Waals surface area contributed by atoms with Crippen LogP contribution in [0, 0.1) is 0 Å². The van der Waals surface area contributed by atoms with Gasteiger partial charge in [0.1, 0.15) is 11.8 Å². The molecule has 0 bridgehead atoms. The first kappa shape index (κ1) is 20.9. The van der Waals surface area contributed by atoms with Crippen molar-refractivity contribution in [2.75, 3.05) is 19.4 Å². The summed E-state index contributed by atoms with van der Waals surface area (Å²) in [5.41, 5.74) is 6.28. The van der Waals surface area contributed by atoms with Crippen LogP contribution in [0.1, 0.15) is 19.3 Å². The molecule has 2 N–H and O–H groups in total. The molecule has 154 valence electrons. The van der Waals surface area contributed by atoms with Crippen LogP contribution in [-0.2, 0) is 16.1 Å². The van der Waals surface area contributed by atoms with Crippen LogP contribution in [-0.4, -0.2) is 56.9 Å². The molecule has 8 nitrogen and oxygen atoms in total. The summed E-state index contributed by atoms with van der Waals surface area (Å²) in [5.74, 6) is 0.924. The number of hydrogen-bond acceptors (Lipinski definition) is 6. The molecule has 0 radical (unpaired) electrons. The van der Waals surface area contributed by atoms with E-state index in [1.165, 1.54) is 11.8 Å². The molecule has 9 heteroatoms. The Morgan fingerprint density at radius 3 is 2.86 bits per heavy atom. The second-order valence-electron chi connectivity index (χ2n) is 6.70. The van der Waals surface area contributed by atoms with Crippen LogP contribution in [0.5, 0.6) is 5.75 Å². The molecule has 1 fully saturated rings. The maximum Gasteiger partial charge on any atom is 0.240 e. The molecule has 3 rings (SSSR count). The number of nitrogens with two attached hydrogens (primary N) is 1. The molecule has 1 atom stereocenters. The van der Waals surface area contributed by atoms with Gasteiger partial charge in [-0.25, -0.2) is 0 Å². The second kappa shape index (κ2) is 9.60. The van der Waals surface area contributed by atoms with E-state index in [0.717, 1.165) is 18.4 Å². The Morgan fingerprint density at radius 2 is 2.14 bits per heavy atom. The number of aromatic nitrogens is 3. The minimum atomic E-state index is -0.521. The molecule has 0 unspecified atom stereocenters. The van der Waals surface area contributed by atoms with Crippen molar-refractivity contribution in [1.82, 2.24) is 19.7 Å². The summed E-state index contributed by atoms with van der Waals surface area (Å²) >= 11 is 1.29. The van der Waals surface area contributed by atoms with Gasteiger partial charge in [-0.15, -0.1) is 16.8 Å². The number of amides is 2. The highest BCUT2D eigenvalue weighted by molar-refractivity contribution is 7.99. The van der Waals surface area contributed by atoms with Crippen LogP contribution in [0.25, 0.3) is 11.4 Å². The van der Waals surface area contributed by atoms with Gasteiger partial charge in [-0.3, -0.25) is 14.2 Å².